The number of nitrogens with zero attached hydrogens (tertiary/aromatic N) is 1. The van der Waals surface area contributed by atoms with Gasteiger partial charge >= 0.3 is 0 Å². The van der Waals surface area contributed by atoms with E-state index in [9.17, 15) is 8.42 Å². The van der Waals surface area contributed by atoms with Gasteiger partial charge < -0.3 is 14.2 Å². The molecule has 0 aromatic heterocycles. The minimum Gasteiger partial charge on any atom is -0.497 e. The second-order valence-corrected chi connectivity index (χ2v) is 7.28. The van der Waals surface area contributed by atoms with E-state index in [-0.39, 0.29) is 4.90 Å². The van der Waals surface area contributed by atoms with Crippen molar-refractivity contribution in [3.63, 3.8) is 0 Å². The summed E-state index contributed by atoms with van der Waals surface area (Å²) in [6.07, 6.45) is 1.37. The summed E-state index contributed by atoms with van der Waals surface area (Å²) in [6, 6.07) is 9.39. The largest absolute Gasteiger partial charge is 0.497 e. The highest BCUT2D eigenvalue weighted by atomic mass is 79.9. The van der Waals surface area contributed by atoms with Crippen LogP contribution < -0.4 is 19.0 Å². The van der Waals surface area contributed by atoms with Crippen LogP contribution in [-0.2, 0) is 10.0 Å². The summed E-state index contributed by atoms with van der Waals surface area (Å²) in [5.74, 6) is 1.60. The molecule has 0 aliphatic heterocycles. The normalized spacial score (nSPS) is 11.4. The van der Waals surface area contributed by atoms with Gasteiger partial charge in [-0.3, -0.25) is 0 Å². The van der Waals surface area contributed by atoms with Gasteiger partial charge in [0.05, 0.1) is 36.9 Å². The number of methoxy groups -OCH3 is 3. The van der Waals surface area contributed by atoms with Crippen LogP contribution in [-0.4, -0.2) is 36.0 Å². The van der Waals surface area contributed by atoms with Gasteiger partial charge in [0.2, 0.25) is 0 Å². The van der Waals surface area contributed by atoms with Crippen molar-refractivity contribution >= 4 is 32.2 Å². The van der Waals surface area contributed by atoms with E-state index >= 15 is 0 Å². The van der Waals surface area contributed by atoms with Crippen molar-refractivity contribution in [2.24, 2.45) is 5.10 Å². The van der Waals surface area contributed by atoms with Crippen LogP contribution in [0.4, 0.5) is 0 Å². The minimum absolute atomic E-state index is 0.0824. The molecule has 0 radical (unpaired) electrons. The van der Waals surface area contributed by atoms with Crippen LogP contribution >= 0.6 is 15.9 Å². The Bertz CT molecular complexity index is 867. The summed E-state index contributed by atoms with van der Waals surface area (Å²) in [5, 5.41) is 3.79. The number of halogens is 1. The molecular formula is C16H17BrN2O5S. The van der Waals surface area contributed by atoms with Crippen molar-refractivity contribution in [2.45, 2.75) is 4.90 Å². The van der Waals surface area contributed by atoms with Gasteiger partial charge in [0.25, 0.3) is 10.0 Å². The maximum atomic E-state index is 12.2. The SMILES string of the molecule is COc1ccc(S(=O)(=O)N/N=C\c2cc(Br)c(OC)c(OC)c2)cc1. The van der Waals surface area contributed by atoms with E-state index in [0.717, 1.165) is 0 Å². The Balaban J connectivity index is 2.18. The van der Waals surface area contributed by atoms with Gasteiger partial charge in [-0.05, 0) is 57.9 Å². The zero-order valence-electron chi connectivity index (χ0n) is 13.8. The second-order valence-electron chi connectivity index (χ2n) is 4.77. The first-order valence-corrected chi connectivity index (χ1v) is 9.29. The quantitative estimate of drug-likeness (QED) is 0.541. The van der Waals surface area contributed by atoms with E-state index < -0.39 is 10.0 Å². The van der Waals surface area contributed by atoms with Gasteiger partial charge in [-0.15, -0.1) is 0 Å². The molecule has 0 aliphatic rings. The first kappa shape index (κ1) is 19.1. The summed E-state index contributed by atoms with van der Waals surface area (Å²) in [5.41, 5.74) is 0.627. The highest BCUT2D eigenvalue weighted by Crippen LogP contribution is 2.35. The van der Waals surface area contributed by atoms with E-state index in [2.05, 4.69) is 25.9 Å². The lowest BCUT2D eigenvalue weighted by atomic mass is 10.2. The molecule has 0 saturated carbocycles. The van der Waals surface area contributed by atoms with Gasteiger partial charge in [-0.1, -0.05) is 0 Å². The molecule has 2 aromatic rings. The van der Waals surface area contributed by atoms with E-state index in [1.54, 1.807) is 24.3 Å². The molecule has 9 heteroatoms. The minimum atomic E-state index is -3.77. The summed E-state index contributed by atoms with van der Waals surface area (Å²) in [4.78, 5) is 2.24. The van der Waals surface area contributed by atoms with Gasteiger partial charge in [0, 0.05) is 0 Å². The summed E-state index contributed by atoms with van der Waals surface area (Å²) in [7, 11) is 0.781. The monoisotopic (exact) mass is 428 g/mol. The molecule has 0 amide bonds. The van der Waals surface area contributed by atoms with E-state index in [4.69, 9.17) is 14.2 Å². The van der Waals surface area contributed by atoms with Crippen LogP contribution in [0.5, 0.6) is 17.2 Å². The predicted octanol–water partition coefficient (Wildman–Crippen LogP) is 2.79. The molecule has 2 aromatic carbocycles. The number of ether oxygens (including phenoxy) is 3. The average Bonchev–Trinajstić information content (AvgIpc) is 2.61. The number of nitrogens with one attached hydrogen (secondary N) is 1. The molecule has 0 spiro atoms. The van der Waals surface area contributed by atoms with Crippen molar-refractivity contribution in [2.75, 3.05) is 21.3 Å². The first-order chi connectivity index (χ1) is 11.9. The third-order valence-corrected chi connectivity index (χ3v) is 5.04. The van der Waals surface area contributed by atoms with Crippen molar-refractivity contribution < 1.29 is 22.6 Å². The molecule has 7 nitrogen and oxygen atoms in total. The smallest absolute Gasteiger partial charge is 0.276 e. The Morgan fingerprint density at radius 2 is 1.72 bits per heavy atom. The molecule has 0 unspecified atom stereocenters. The zero-order chi connectivity index (χ0) is 18.4. The lowest BCUT2D eigenvalue weighted by Gasteiger charge is -2.10. The molecule has 0 fully saturated rings. The standard InChI is InChI=1S/C16H17BrN2O5S/c1-22-12-4-6-13(7-5-12)25(20,21)19-18-10-11-8-14(17)16(24-3)15(9-11)23-2/h4-10,19H,1-3H3/b18-10-. The Kier molecular flexibility index (Phi) is 6.27. The number of hydrogen-bond donors (Lipinski definition) is 1. The third kappa shape index (κ3) is 4.64. The zero-order valence-corrected chi connectivity index (χ0v) is 16.2. The van der Waals surface area contributed by atoms with Crippen LogP contribution in [0.1, 0.15) is 5.56 Å². The van der Waals surface area contributed by atoms with Gasteiger partial charge in [-0.25, -0.2) is 4.83 Å². The van der Waals surface area contributed by atoms with Crippen LogP contribution in [0.3, 0.4) is 0 Å². The highest BCUT2D eigenvalue weighted by Gasteiger charge is 2.13. The molecule has 2 rings (SSSR count). The second kappa shape index (κ2) is 8.21. The molecule has 134 valence electrons. The van der Waals surface area contributed by atoms with Crippen molar-refractivity contribution in [3.05, 3.63) is 46.4 Å². The van der Waals surface area contributed by atoms with E-state index in [1.165, 1.54) is 39.7 Å². The molecule has 0 atom stereocenters. The van der Waals surface area contributed by atoms with Crippen LogP contribution in [0, 0.1) is 0 Å². The molecule has 0 saturated heterocycles. The molecular weight excluding hydrogens is 412 g/mol. The fraction of sp³-hybridized carbons (Fsp3) is 0.188. The van der Waals surface area contributed by atoms with Crippen LogP contribution in [0.2, 0.25) is 0 Å². The summed E-state index contributed by atoms with van der Waals surface area (Å²) >= 11 is 3.36. The average molecular weight is 429 g/mol. The molecule has 1 N–H and O–H groups in total. The predicted molar refractivity (Wildman–Crippen MR) is 98.2 cm³/mol. The summed E-state index contributed by atoms with van der Waals surface area (Å²) in [6.45, 7) is 0. The van der Waals surface area contributed by atoms with E-state index in [1.807, 2.05) is 0 Å². The third-order valence-electron chi connectivity index (χ3n) is 3.21. The molecule has 0 aliphatic carbocycles. The molecule has 0 bridgehead atoms. The highest BCUT2D eigenvalue weighted by molar-refractivity contribution is 9.10. The Morgan fingerprint density at radius 3 is 2.28 bits per heavy atom. The molecule has 25 heavy (non-hydrogen) atoms. The van der Waals surface area contributed by atoms with Crippen molar-refractivity contribution in [3.8, 4) is 17.2 Å². The van der Waals surface area contributed by atoms with Crippen LogP contribution in [0.25, 0.3) is 0 Å². The number of rotatable bonds is 7. The lowest BCUT2D eigenvalue weighted by Crippen LogP contribution is -2.18. The lowest BCUT2D eigenvalue weighted by molar-refractivity contribution is 0.353. The fourth-order valence-corrected chi connectivity index (χ4v) is 3.40. The number of sulfonamides is 1. The molecule has 0 heterocycles. The van der Waals surface area contributed by atoms with Crippen molar-refractivity contribution in [1.29, 1.82) is 0 Å². The Morgan fingerprint density at radius 1 is 1.04 bits per heavy atom. The first-order valence-electron chi connectivity index (χ1n) is 7.01. The number of hydrogen-bond acceptors (Lipinski definition) is 6. The maximum absolute atomic E-state index is 12.2. The number of benzene rings is 2. The Hall–Kier alpha value is -2.26. The summed E-state index contributed by atoms with van der Waals surface area (Å²) < 4.78 is 40.5. The van der Waals surface area contributed by atoms with Gasteiger partial charge in [0.15, 0.2) is 11.5 Å². The van der Waals surface area contributed by atoms with Crippen LogP contribution in [0.15, 0.2) is 50.9 Å². The van der Waals surface area contributed by atoms with Gasteiger partial charge in [0.1, 0.15) is 5.75 Å². The number of hydrazone groups is 1. The van der Waals surface area contributed by atoms with Gasteiger partial charge in [-0.2, -0.15) is 13.5 Å². The maximum Gasteiger partial charge on any atom is 0.276 e. The fourth-order valence-electron chi connectivity index (χ4n) is 1.99. The Labute approximate surface area is 154 Å². The topological polar surface area (TPSA) is 86.2 Å². The van der Waals surface area contributed by atoms with Crippen molar-refractivity contribution in [1.82, 2.24) is 4.83 Å². The van der Waals surface area contributed by atoms with E-state index in [0.29, 0.717) is 27.3 Å².